The molecular formula is C24H33N5O5S. The van der Waals surface area contributed by atoms with Crippen LogP contribution in [-0.4, -0.2) is 78.3 Å². The van der Waals surface area contributed by atoms with E-state index in [0.717, 1.165) is 35.8 Å². The molecule has 2 heterocycles. The van der Waals surface area contributed by atoms with E-state index in [9.17, 15) is 19.5 Å². The first-order valence-electron chi connectivity index (χ1n) is 11.7. The van der Waals surface area contributed by atoms with Crippen molar-refractivity contribution < 1.29 is 24.2 Å². The predicted octanol–water partition coefficient (Wildman–Crippen LogP) is 3.50. The molecule has 1 aliphatic rings. The largest absolute Gasteiger partial charge is 0.492 e. The standard InChI is InChI=1S/C24H33N5O5S/c1-3-28(4-2)11-12-34-18-9-5-7-16(13-18)20-14-19(22(35-20)27-23(25)31)21(30)26-17-8-6-10-29(15-17)24(32)33/h5,7,9,13-14,17H,3-4,6,8,10-12,15H2,1-2H3,(H,26,30)(H,32,33)(H3,25,27,31). The lowest BCUT2D eigenvalue weighted by Gasteiger charge is -2.31. The summed E-state index contributed by atoms with van der Waals surface area (Å²) in [5.41, 5.74) is 6.46. The first kappa shape index (κ1) is 26.3. The second-order valence-corrected chi connectivity index (χ2v) is 9.34. The molecule has 5 N–H and O–H groups in total. The highest BCUT2D eigenvalue weighted by atomic mass is 32.1. The molecule has 0 aliphatic carbocycles. The van der Waals surface area contributed by atoms with Crippen LogP contribution < -0.4 is 21.1 Å². The number of primary amides is 1. The van der Waals surface area contributed by atoms with Crippen LogP contribution in [0.5, 0.6) is 5.75 Å². The molecule has 1 atom stereocenters. The summed E-state index contributed by atoms with van der Waals surface area (Å²) in [6.07, 6.45) is 0.342. The van der Waals surface area contributed by atoms with Crippen LogP contribution in [0.3, 0.4) is 0 Å². The van der Waals surface area contributed by atoms with Crippen LogP contribution in [0.15, 0.2) is 30.3 Å². The normalized spacial score (nSPS) is 15.6. The number of ether oxygens (including phenoxy) is 1. The van der Waals surface area contributed by atoms with Gasteiger partial charge in [-0.15, -0.1) is 11.3 Å². The van der Waals surface area contributed by atoms with Gasteiger partial charge in [0.05, 0.1) is 5.56 Å². The van der Waals surface area contributed by atoms with Crippen LogP contribution >= 0.6 is 11.3 Å². The maximum absolute atomic E-state index is 13.1. The molecule has 0 saturated carbocycles. The Morgan fingerprint density at radius 3 is 2.71 bits per heavy atom. The van der Waals surface area contributed by atoms with E-state index in [-0.39, 0.29) is 24.1 Å². The summed E-state index contributed by atoms with van der Waals surface area (Å²) in [5.74, 6) is 0.328. The number of amides is 4. The maximum Gasteiger partial charge on any atom is 0.407 e. The van der Waals surface area contributed by atoms with E-state index in [1.807, 2.05) is 24.3 Å². The minimum absolute atomic E-state index is 0.226. The summed E-state index contributed by atoms with van der Waals surface area (Å²) in [6.45, 7) is 8.22. The lowest BCUT2D eigenvalue weighted by molar-refractivity contribution is 0.0889. The van der Waals surface area contributed by atoms with E-state index >= 15 is 0 Å². The zero-order valence-electron chi connectivity index (χ0n) is 20.1. The number of carbonyl (C=O) groups excluding carboxylic acids is 2. The molecule has 1 saturated heterocycles. The molecule has 35 heavy (non-hydrogen) atoms. The van der Waals surface area contributed by atoms with Gasteiger partial charge < -0.3 is 30.7 Å². The number of carboxylic acid groups (broad SMARTS) is 1. The lowest BCUT2D eigenvalue weighted by atomic mass is 10.1. The third kappa shape index (κ3) is 7.33. The van der Waals surface area contributed by atoms with Crippen molar-refractivity contribution in [1.82, 2.24) is 15.1 Å². The average Bonchev–Trinajstić information content (AvgIpc) is 3.25. The second-order valence-electron chi connectivity index (χ2n) is 8.29. The fraction of sp³-hybridized carbons (Fsp3) is 0.458. The topological polar surface area (TPSA) is 137 Å². The Labute approximate surface area is 209 Å². The van der Waals surface area contributed by atoms with Gasteiger partial charge >= 0.3 is 12.1 Å². The van der Waals surface area contributed by atoms with Gasteiger partial charge in [-0.25, -0.2) is 9.59 Å². The van der Waals surface area contributed by atoms with Crippen molar-refractivity contribution in [3.63, 3.8) is 0 Å². The van der Waals surface area contributed by atoms with Gasteiger partial charge in [0.15, 0.2) is 0 Å². The molecule has 0 spiro atoms. The number of nitrogens with zero attached hydrogens (tertiary/aromatic N) is 2. The highest BCUT2D eigenvalue weighted by molar-refractivity contribution is 7.20. The molecule has 10 nitrogen and oxygen atoms in total. The number of likely N-dealkylation sites (tertiary alicyclic amines) is 1. The Hall–Kier alpha value is -3.31. The Morgan fingerprint density at radius 2 is 2.03 bits per heavy atom. The third-order valence-electron chi connectivity index (χ3n) is 5.93. The van der Waals surface area contributed by atoms with Gasteiger partial charge in [-0.1, -0.05) is 26.0 Å². The summed E-state index contributed by atoms with van der Waals surface area (Å²) in [5, 5.41) is 15.0. The molecule has 1 aromatic heterocycles. The summed E-state index contributed by atoms with van der Waals surface area (Å²) >= 11 is 1.24. The minimum Gasteiger partial charge on any atom is -0.492 e. The van der Waals surface area contributed by atoms with Crippen LogP contribution in [0.4, 0.5) is 14.6 Å². The molecule has 4 amide bonds. The number of hydrogen-bond donors (Lipinski definition) is 4. The number of benzene rings is 1. The van der Waals surface area contributed by atoms with E-state index in [0.29, 0.717) is 31.0 Å². The van der Waals surface area contributed by atoms with Crippen molar-refractivity contribution in [2.45, 2.75) is 32.7 Å². The molecule has 2 aromatic rings. The molecule has 0 bridgehead atoms. The van der Waals surface area contributed by atoms with E-state index in [1.54, 1.807) is 6.07 Å². The number of piperidine rings is 1. The van der Waals surface area contributed by atoms with Crippen molar-refractivity contribution in [2.75, 3.05) is 44.6 Å². The molecule has 1 aliphatic heterocycles. The van der Waals surface area contributed by atoms with E-state index in [2.05, 4.69) is 29.4 Å². The monoisotopic (exact) mass is 503 g/mol. The SMILES string of the molecule is CCN(CC)CCOc1cccc(-c2cc(C(=O)NC3CCCN(C(=O)O)C3)c(NC(N)=O)s2)c1. The molecule has 0 radical (unpaired) electrons. The second kappa shape index (κ2) is 12.4. The summed E-state index contributed by atoms with van der Waals surface area (Å²) in [6, 6.07) is 8.20. The average molecular weight is 504 g/mol. The maximum atomic E-state index is 13.1. The van der Waals surface area contributed by atoms with Gasteiger partial charge in [-0.3, -0.25) is 10.1 Å². The number of nitrogens with one attached hydrogen (secondary N) is 2. The highest BCUT2D eigenvalue weighted by Gasteiger charge is 2.26. The number of nitrogens with two attached hydrogens (primary N) is 1. The quantitative estimate of drug-likeness (QED) is 0.392. The van der Waals surface area contributed by atoms with Crippen molar-refractivity contribution in [1.29, 1.82) is 0 Å². The molecule has 1 fully saturated rings. The van der Waals surface area contributed by atoms with Gasteiger partial charge in [0.1, 0.15) is 17.4 Å². The number of hydrogen-bond acceptors (Lipinski definition) is 6. The molecule has 3 rings (SSSR count). The molecule has 190 valence electrons. The van der Waals surface area contributed by atoms with Gasteiger partial charge in [0.2, 0.25) is 0 Å². The number of likely N-dealkylation sites (N-methyl/N-ethyl adjacent to an activating group) is 1. The van der Waals surface area contributed by atoms with Crippen molar-refractivity contribution in [3.8, 4) is 16.2 Å². The zero-order valence-corrected chi connectivity index (χ0v) is 20.9. The zero-order chi connectivity index (χ0) is 25.4. The Bertz CT molecular complexity index is 1040. The van der Waals surface area contributed by atoms with Crippen LogP contribution in [0.25, 0.3) is 10.4 Å². The fourth-order valence-electron chi connectivity index (χ4n) is 4.01. The van der Waals surface area contributed by atoms with E-state index in [1.165, 1.54) is 16.2 Å². The number of carbonyl (C=O) groups is 3. The van der Waals surface area contributed by atoms with Gasteiger partial charge in [-0.2, -0.15) is 0 Å². The summed E-state index contributed by atoms with van der Waals surface area (Å²) < 4.78 is 5.92. The van der Waals surface area contributed by atoms with Crippen molar-refractivity contribution in [3.05, 3.63) is 35.9 Å². The van der Waals surface area contributed by atoms with Crippen LogP contribution in [-0.2, 0) is 0 Å². The fourth-order valence-corrected chi connectivity index (χ4v) is 5.06. The first-order valence-corrected chi connectivity index (χ1v) is 12.6. The predicted molar refractivity (Wildman–Crippen MR) is 136 cm³/mol. The van der Waals surface area contributed by atoms with Crippen LogP contribution in [0.1, 0.15) is 37.0 Å². The lowest BCUT2D eigenvalue weighted by Crippen LogP contribution is -2.49. The third-order valence-corrected chi connectivity index (χ3v) is 7.03. The van der Waals surface area contributed by atoms with Gasteiger partial charge in [-0.05, 0) is 49.7 Å². The molecular weight excluding hydrogens is 470 g/mol. The van der Waals surface area contributed by atoms with Crippen molar-refractivity contribution >= 4 is 34.4 Å². The van der Waals surface area contributed by atoms with Gasteiger partial charge in [0, 0.05) is 30.6 Å². The van der Waals surface area contributed by atoms with Crippen LogP contribution in [0, 0.1) is 0 Å². The highest BCUT2D eigenvalue weighted by Crippen LogP contribution is 2.37. The number of urea groups is 1. The first-order chi connectivity index (χ1) is 16.8. The molecule has 1 aromatic carbocycles. The van der Waals surface area contributed by atoms with E-state index in [4.69, 9.17) is 10.5 Å². The number of thiophene rings is 1. The molecule has 11 heteroatoms. The van der Waals surface area contributed by atoms with Gasteiger partial charge in [0.25, 0.3) is 5.91 Å². The van der Waals surface area contributed by atoms with E-state index < -0.39 is 12.1 Å². The van der Waals surface area contributed by atoms with Crippen molar-refractivity contribution in [2.24, 2.45) is 5.73 Å². The Morgan fingerprint density at radius 1 is 1.26 bits per heavy atom. The summed E-state index contributed by atoms with van der Waals surface area (Å²) in [4.78, 5) is 40.3. The van der Waals surface area contributed by atoms with Crippen LogP contribution in [0.2, 0.25) is 0 Å². The number of anilines is 1. The number of rotatable bonds is 10. The Balaban J connectivity index is 1.75. The molecule has 1 unspecified atom stereocenters. The smallest absolute Gasteiger partial charge is 0.407 e. The summed E-state index contributed by atoms with van der Waals surface area (Å²) in [7, 11) is 0. The Kier molecular flexibility index (Phi) is 9.32. The minimum atomic E-state index is -1.00.